The van der Waals surface area contributed by atoms with Crippen molar-refractivity contribution in [3.63, 3.8) is 0 Å². The molecule has 17 heavy (non-hydrogen) atoms. The van der Waals surface area contributed by atoms with Crippen molar-refractivity contribution in [3.05, 3.63) is 29.3 Å². The highest BCUT2D eigenvalue weighted by molar-refractivity contribution is 6.59. The minimum atomic E-state index is -1.60. The van der Waals surface area contributed by atoms with Crippen LogP contribution in [0, 0.1) is 0 Å². The average molecular weight is 236 g/mol. The highest BCUT2D eigenvalue weighted by Crippen LogP contribution is 2.21. The lowest BCUT2D eigenvalue weighted by molar-refractivity contribution is 0.0601. The molecule has 1 aromatic carbocycles. The maximum atomic E-state index is 11.4. The van der Waals surface area contributed by atoms with E-state index in [9.17, 15) is 14.8 Å². The Morgan fingerprint density at radius 3 is 2.29 bits per heavy atom. The fourth-order valence-electron chi connectivity index (χ4n) is 1.70. The summed E-state index contributed by atoms with van der Waals surface area (Å²) in [5, 5.41) is 18.7. The van der Waals surface area contributed by atoms with Gasteiger partial charge in [0.2, 0.25) is 0 Å². The molecule has 92 valence electrons. The smallest absolute Gasteiger partial charge is 0.465 e. The largest absolute Gasteiger partial charge is 0.488 e. The second-order valence-corrected chi connectivity index (χ2v) is 4.92. The number of ether oxygens (including phenoxy) is 1. The third-order valence-corrected chi connectivity index (χ3v) is 2.56. The maximum Gasteiger partial charge on any atom is 0.488 e. The molecule has 1 rings (SSSR count). The van der Waals surface area contributed by atoms with Crippen LogP contribution in [0.3, 0.4) is 0 Å². The standard InChI is InChI=1S/C12H17BO4/c1-12(2,3)9-6-5-8(11(14)17-4)7-10(9)13(15)16/h5-7,15-16H,1-4H3. The first-order valence-corrected chi connectivity index (χ1v) is 5.36. The molecule has 0 aliphatic heterocycles. The van der Waals surface area contributed by atoms with Gasteiger partial charge >= 0.3 is 13.1 Å². The summed E-state index contributed by atoms with van der Waals surface area (Å²) >= 11 is 0. The van der Waals surface area contributed by atoms with Crippen LogP contribution in [0.25, 0.3) is 0 Å². The van der Waals surface area contributed by atoms with Crippen LogP contribution in [0.15, 0.2) is 18.2 Å². The molecular formula is C12H17BO4. The van der Waals surface area contributed by atoms with Crippen molar-refractivity contribution in [1.29, 1.82) is 0 Å². The van der Waals surface area contributed by atoms with Crippen molar-refractivity contribution in [2.75, 3.05) is 7.11 Å². The van der Waals surface area contributed by atoms with Crippen molar-refractivity contribution in [2.45, 2.75) is 26.2 Å². The van der Waals surface area contributed by atoms with E-state index >= 15 is 0 Å². The SMILES string of the molecule is COC(=O)c1ccc(C(C)(C)C)c(B(O)O)c1. The first-order valence-electron chi connectivity index (χ1n) is 5.36. The number of hydrogen-bond donors (Lipinski definition) is 2. The molecule has 0 atom stereocenters. The lowest BCUT2D eigenvalue weighted by Gasteiger charge is -2.23. The van der Waals surface area contributed by atoms with Crippen LogP contribution in [0.4, 0.5) is 0 Å². The van der Waals surface area contributed by atoms with Gasteiger partial charge in [-0.15, -0.1) is 0 Å². The van der Waals surface area contributed by atoms with Gasteiger partial charge in [-0.25, -0.2) is 4.79 Å². The van der Waals surface area contributed by atoms with Gasteiger partial charge in [-0.2, -0.15) is 0 Å². The molecule has 4 nitrogen and oxygen atoms in total. The zero-order chi connectivity index (χ0) is 13.2. The van der Waals surface area contributed by atoms with E-state index in [1.54, 1.807) is 12.1 Å². The second kappa shape index (κ2) is 4.90. The Kier molecular flexibility index (Phi) is 3.96. The Balaban J connectivity index is 3.32. The topological polar surface area (TPSA) is 66.8 Å². The summed E-state index contributed by atoms with van der Waals surface area (Å²) in [5.41, 5.74) is 1.21. The predicted octanol–water partition coefficient (Wildman–Crippen LogP) is 0.451. The molecule has 0 aromatic heterocycles. The van der Waals surface area contributed by atoms with Crippen molar-refractivity contribution < 1.29 is 19.6 Å². The lowest BCUT2D eigenvalue weighted by Crippen LogP contribution is -2.37. The highest BCUT2D eigenvalue weighted by atomic mass is 16.5. The summed E-state index contributed by atoms with van der Waals surface area (Å²) in [4.78, 5) is 11.4. The molecule has 0 unspecified atom stereocenters. The first kappa shape index (κ1) is 13.7. The third kappa shape index (κ3) is 3.08. The molecule has 0 spiro atoms. The molecule has 0 aliphatic rings. The number of rotatable bonds is 2. The normalized spacial score (nSPS) is 11.2. The molecule has 0 saturated heterocycles. The van der Waals surface area contributed by atoms with Crippen LogP contribution in [0.5, 0.6) is 0 Å². The van der Waals surface area contributed by atoms with Gasteiger partial charge in [-0.3, -0.25) is 0 Å². The van der Waals surface area contributed by atoms with E-state index in [2.05, 4.69) is 4.74 Å². The third-order valence-electron chi connectivity index (χ3n) is 2.56. The molecule has 0 saturated carbocycles. The monoisotopic (exact) mass is 236 g/mol. The minimum Gasteiger partial charge on any atom is -0.465 e. The van der Waals surface area contributed by atoms with Crippen LogP contribution >= 0.6 is 0 Å². The Hall–Kier alpha value is -1.33. The summed E-state index contributed by atoms with van der Waals surface area (Å²) < 4.78 is 4.59. The number of carbonyl (C=O) groups excluding carboxylic acids is 1. The number of benzene rings is 1. The molecule has 0 aliphatic carbocycles. The van der Waals surface area contributed by atoms with Crippen LogP contribution in [-0.4, -0.2) is 30.2 Å². The molecule has 0 radical (unpaired) electrons. The van der Waals surface area contributed by atoms with Crippen LogP contribution in [0.2, 0.25) is 0 Å². The average Bonchev–Trinajstić information content (AvgIpc) is 2.25. The number of carbonyl (C=O) groups is 1. The lowest BCUT2D eigenvalue weighted by atomic mass is 9.70. The summed E-state index contributed by atoms with van der Waals surface area (Å²) in [7, 11) is -0.316. The van der Waals surface area contributed by atoms with Gasteiger partial charge in [0, 0.05) is 0 Å². The Morgan fingerprint density at radius 1 is 1.29 bits per heavy atom. The second-order valence-electron chi connectivity index (χ2n) is 4.92. The summed E-state index contributed by atoms with van der Waals surface area (Å²) in [6, 6.07) is 4.80. The fourth-order valence-corrected chi connectivity index (χ4v) is 1.70. The zero-order valence-electron chi connectivity index (χ0n) is 10.5. The van der Waals surface area contributed by atoms with Gasteiger partial charge in [-0.1, -0.05) is 26.8 Å². The number of methoxy groups -OCH3 is 1. The van der Waals surface area contributed by atoms with E-state index in [-0.39, 0.29) is 5.41 Å². The molecule has 2 N–H and O–H groups in total. The van der Waals surface area contributed by atoms with Crippen molar-refractivity contribution >= 4 is 18.6 Å². The first-order chi connectivity index (χ1) is 7.77. The van der Waals surface area contributed by atoms with Gasteiger partial charge in [-0.05, 0) is 28.6 Å². The Morgan fingerprint density at radius 2 is 1.88 bits per heavy atom. The van der Waals surface area contributed by atoms with Gasteiger partial charge in [0.05, 0.1) is 12.7 Å². The van der Waals surface area contributed by atoms with Gasteiger partial charge < -0.3 is 14.8 Å². The summed E-state index contributed by atoms with van der Waals surface area (Å²) in [5.74, 6) is -0.493. The Bertz CT molecular complexity index is 421. The van der Waals surface area contributed by atoms with Gasteiger partial charge in [0.1, 0.15) is 0 Å². The molecule has 0 bridgehead atoms. The van der Waals surface area contributed by atoms with Crippen molar-refractivity contribution in [3.8, 4) is 0 Å². The maximum absolute atomic E-state index is 11.4. The molecule has 0 fully saturated rings. The van der Waals surface area contributed by atoms with Crippen LogP contribution < -0.4 is 5.46 Å². The number of hydrogen-bond acceptors (Lipinski definition) is 4. The minimum absolute atomic E-state index is 0.228. The molecule has 5 heteroatoms. The molecule has 0 heterocycles. The van der Waals surface area contributed by atoms with Gasteiger partial charge in [0.15, 0.2) is 0 Å². The van der Waals surface area contributed by atoms with E-state index in [1.165, 1.54) is 13.2 Å². The summed E-state index contributed by atoms with van der Waals surface area (Å²) in [6.45, 7) is 5.89. The van der Waals surface area contributed by atoms with Crippen LogP contribution in [0.1, 0.15) is 36.7 Å². The van der Waals surface area contributed by atoms with Gasteiger partial charge in [0.25, 0.3) is 0 Å². The van der Waals surface area contributed by atoms with E-state index in [1.807, 2.05) is 20.8 Å². The van der Waals surface area contributed by atoms with Crippen molar-refractivity contribution in [1.82, 2.24) is 0 Å². The number of esters is 1. The van der Waals surface area contributed by atoms with Crippen molar-refractivity contribution in [2.24, 2.45) is 0 Å². The highest BCUT2D eigenvalue weighted by Gasteiger charge is 2.25. The molecule has 0 amide bonds. The van der Waals surface area contributed by atoms with E-state index < -0.39 is 13.1 Å². The molecule has 1 aromatic rings. The van der Waals surface area contributed by atoms with E-state index in [0.29, 0.717) is 11.0 Å². The van der Waals surface area contributed by atoms with E-state index in [4.69, 9.17) is 0 Å². The van der Waals surface area contributed by atoms with E-state index in [0.717, 1.165) is 5.56 Å². The fraction of sp³-hybridized carbons (Fsp3) is 0.417. The van der Waals surface area contributed by atoms with Crippen LogP contribution in [-0.2, 0) is 10.2 Å². The predicted molar refractivity (Wildman–Crippen MR) is 66.3 cm³/mol. The Labute approximate surface area is 101 Å². The molecular weight excluding hydrogens is 219 g/mol. The zero-order valence-corrected chi connectivity index (χ0v) is 10.5. The summed E-state index contributed by atoms with van der Waals surface area (Å²) in [6.07, 6.45) is 0. The quantitative estimate of drug-likeness (QED) is 0.578.